The fourth-order valence-corrected chi connectivity index (χ4v) is 3.30. The standard InChI is InChI=1S/C21H22BrN3O5/c1-13(26)24(17-8-6-16(22)7-9-17)12-20-25(14(2)27)23-21(30-20)15-5-10-18(28-3)19(11-15)29-4/h5-11,20H,12H2,1-4H3. The van der Waals surface area contributed by atoms with Gasteiger partial charge < -0.3 is 19.1 Å². The fourth-order valence-electron chi connectivity index (χ4n) is 3.04. The lowest BCUT2D eigenvalue weighted by molar-refractivity contribution is -0.135. The molecule has 1 heterocycles. The van der Waals surface area contributed by atoms with Crippen molar-refractivity contribution in [1.82, 2.24) is 5.01 Å². The molecule has 1 unspecified atom stereocenters. The van der Waals surface area contributed by atoms with Crippen LogP contribution in [0.2, 0.25) is 0 Å². The first-order chi connectivity index (χ1) is 14.3. The highest BCUT2D eigenvalue weighted by molar-refractivity contribution is 9.10. The van der Waals surface area contributed by atoms with Crippen LogP contribution in [-0.4, -0.2) is 49.7 Å². The minimum absolute atomic E-state index is 0.122. The molecule has 9 heteroatoms. The van der Waals surface area contributed by atoms with E-state index in [4.69, 9.17) is 14.2 Å². The van der Waals surface area contributed by atoms with Gasteiger partial charge in [0.25, 0.3) is 0 Å². The summed E-state index contributed by atoms with van der Waals surface area (Å²) in [6, 6.07) is 12.5. The molecule has 1 aliphatic heterocycles. The molecule has 0 aromatic heterocycles. The first kappa shape index (κ1) is 21.6. The molecule has 0 fully saturated rings. The summed E-state index contributed by atoms with van der Waals surface area (Å²) in [4.78, 5) is 26.0. The number of carbonyl (C=O) groups is 2. The van der Waals surface area contributed by atoms with Crippen LogP contribution in [0.15, 0.2) is 52.0 Å². The number of halogens is 1. The van der Waals surface area contributed by atoms with Gasteiger partial charge in [0.05, 0.1) is 20.8 Å². The molecule has 0 aliphatic carbocycles. The molecule has 3 rings (SSSR count). The zero-order chi connectivity index (χ0) is 21.8. The zero-order valence-corrected chi connectivity index (χ0v) is 18.7. The van der Waals surface area contributed by atoms with Gasteiger partial charge in [-0.15, -0.1) is 5.10 Å². The lowest BCUT2D eigenvalue weighted by Crippen LogP contribution is -2.44. The van der Waals surface area contributed by atoms with Gasteiger partial charge in [-0.1, -0.05) is 15.9 Å². The highest BCUT2D eigenvalue weighted by Gasteiger charge is 2.34. The van der Waals surface area contributed by atoms with E-state index in [9.17, 15) is 9.59 Å². The van der Waals surface area contributed by atoms with Gasteiger partial charge >= 0.3 is 0 Å². The summed E-state index contributed by atoms with van der Waals surface area (Å²) >= 11 is 3.39. The molecular weight excluding hydrogens is 454 g/mol. The summed E-state index contributed by atoms with van der Waals surface area (Å²) in [6.07, 6.45) is -0.766. The minimum atomic E-state index is -0.766. The third-order valence-corrected chi connectivity index (χ3v) is 5.06. The van der Waals surface area contributed by atoms with Crippen molar-refractivity contribution < 1.29 is 23.8 Å². The van der Waals surface area contributed by atoms with Crippen LogP contribution in [0.4, 0.5) is 5.69 Å². The molecule has 0 bridgehead atoms. The highest BCUT2D eigenvalue weighted by Crippen LogP contribution is 2.30. The van der Waals surface area contributed by atoms with Gasteiger partial charge in [0.2, 0.25) is 23.9 Å². The predicted molar refractivity (Wildman–Crippen MR) is 116 cm³/mol. The number of ether oxygens (including phenoxy) is 3. The molecule has 8 nitrogen and oxygen atoms in total. The van der Waals surface area contributed by atoms with Crippen molar-refractivity contribution in [2.24, 2.45) is 5.10 Å². The second kappa shape index (κ2) is 9.17. The molecular formula is C21H22BrN3O5. The molecule has 0 radical (unpaired) electrons. The van der Waals surface area contributed by atoms with Gasteiger partial charge in [0, 0.05) is 29.6 Å². The van der Waals surface area contributed by atoms with Gasteiger partial charge in [-0.2, -0.15) is 5.01 Å². The van der Waals surface area contributed by atoms with Crippen molar-refractivity contribution in [2.75, 3.05) is 25.7 Å². The highest BCUT2D eigenvalue weighted by atomic mass is 79.9. The average molecular weight is 476 g/mol. The van der Waals surface area contributed by atoms with Crippen LogP contribution in [0.3, 0.4) is 0 Å². The first-order valence-corrected chi connectivity index (χ1v) is 9.94. The number of anilines is 1. The number of hydrogen-bond donors (Lipinski definition) is 0. The Kier molecular flexibility index (Phi) is 6.61. The summed E-state index contributed by atoms with van der Waals surface area (Å²) < 4.78 is 17.5. The van der Waals surface area contributed by atoms with Gasteiger partial charge in [-0.05, 0) is 42.5 Å². The summed E-state index contributed by atoms with van der Waals surface area (Å²) in [7, 11) is 3.08. The monoisotopic (exact) mass is 475 g/mol. The Hall–Kier alpha value is -3.07. The Balaban J connectivity index is 1.87. The molecule has 0 spiro atoms. The van der Waals surface area contributed by atoms with E-state index in [-0.39, 0.29) is 24.3 Å². The Labute approximate surface area is 183 Å². The molecule has 1 atom stereocenters. The lowest BCUT2D eigenvalue weighted by Gasteiger charge is -2.27. The Morgan fingerprint density at radius 2 is 1.77 bits per heavy atom. The Morgan fingerprint density at radius 3 is 2.33 bits per heavy atom. The second-order valence-electron chi connectivity index (χ2n) is 6.52. The largest absolute Gasteiger partial charge is 0.493 e. The van der Waals surface area contributed by atoms with Gasteiger partial charge in [0.1, 0.15) is 0 Å². The molecule has 158 valence electrons. The van der Waals surface area contributed by atoms with Crippen LogP contribution < -0.4 is 14.4 Å². The van der Waals surface area contributed by atoms with E-state index in [1.54, 1.807) is 30.2 Å². The minimum Gasteiger partial charge on any atom is -0.493 e. The third-order valence-electron chi connectivity index (χ3n) is 4.53. The molecule has 2 aromatic carbocycles. The number of hydrazone groups is 1. The number of carbonyl (C=O) groups excluding carboxylic acids is 2. The van der Waals surface area contributed by atoms with E-state index in [0.717, 1.165) is 4.47 Å². The topological polar surface area (TPSA) is 80.7 Å². The second-order valence-corrected chi connectivity index (χ2v) is 7.43. The van der Waals surface area contributed by atoms with Crippen LogP contribution in [0.5, 0.6) is 11.5 Å². The molecule has 2 aromatic rings. The Bertz CT molecular complexity index is 977. The van der Waals surface area contributed by atoms with E-state index in [1.807, 2.05) is 24.3 Å². The molecule has 0 saturated heterocycles. The lowest BCUT2D eigenvalue weighted by atomic mass is 10.2. The van der Waals surface area contributed by atoms with Crippen LogP contribution in [0.1, 0.15) is 19.4 Å². The van der Waals surface area contributed by atoms with Gasteiger partial charge in [-0.25, -0.2) is 0 Å². The predicted octanol–water partition coefficient (Wildman–Crippen LogP) is 3.39. The average Bonchev–Trinajstić information content (AvgIpc) is 3.16. The first-order valence-electron chi connectivity index (χ1n) is 9.15. The number of hydrogen-bond acceptors (Lipinski definition) is 6. The molecule has 0 saturated carbocycles. The third kappa shape index (κ3) is 4.56. The van der Waals surface area contributed by atoms with Gasteiger partial charge in [0.15, 0.2) is 11.5 Å². The maximum Gasteiger partial charge on any atom is 0.243 e. The quantitative estimate of drug-likeness (QED) is 0.639. The fraction of sp³-hybridized carbons (Fsp3) is 0.286. The zero-order valence-electron chi connectivity index (χ0n) is 17.1. The van der Waals surface area contributed by atoms with Crippen LogP contribution in [-0.2, 0) is 14.3 Å². The normalized spacial score (nSPS) is 15.3. The summed E-state index contributed by atoms with van der Waals surface area (Å²) in [5.74, 6) is 0.867. The van der Waals surface area contributed by atoms with Crippen molar-refractivity contribution in [3.05, 3.63) is 52.5 Å². The van der Waals surface area contributed by atoms with Crippen LogP contribution in [0.25, 0.3) is 0 Å². The molecule has 2 amide bonds. The number of benzene rings is 2. The Morgan fingerprint density at radius 1 is 1.10 bits per heavy atom. The summed E-state index contributed by atoms with van der Waals surface area (Å²) in [6.45, 7) is 2.98. The van der Waals surface area contributed by atoms with E-state index in [1.165, 1.54) is 26.0 Å². The van der Waals surface area contributed by atoms with Crippen molar-refractivity contribution in [3.8, 4) is 11.5 Å². The van der Waals surface area contributed by atoms with Crippen molar-refractivity contribution in [2.45, 2.75) is 20.1 Å². The maximum absolute atomic E-state index is 12.3. The smallest absolute Gasteiger partial charge is 0.243 e. The molecule has 0 N–H and O–H groups in total. The molecule has 1 aliphatic rings. The number of nitrogens with zero attached hydrogens (tertiary/aromatic N) is 3. The van der Waals surface area contributed by atoms with Crippen molar-refractivity contribution >= 4 is 39.3 Å². The van der Waals surface area contributed by atoms with E-state index < -0.39 is 6.23 Å². The molecule has 30 heavy (non-hydrogen) atoms. The van der Waals surface area contributed by atoms with E-state index in [2.05, 4.69) is 21.0 Å². The SMILES string of the molecule is COc1ccc(C2=NN(C(C)=O)C(CN(C(C)=O)c3ccc(Br)cc3)O2)cc1OC. The number of methoxy groups -OCH3 is 2. The summed E-state index contributed by atoms with van der Waals surface area (Å²) in [5.41, 5.74) is 1.32. The van der Waals surface area contributed by atoms with Crippen LogP contribution in [0, 0.1) is 0 Å². The van der Waals surface area contributed by atoms with Gasteiger partial charge in [-0.3, -0.25) is 9.59 Å². The van der Waals surface area contributed by atoms with E-state index in [0.29, 0.717) is 22.7 Å². The van der Waals surface area contributed by atoms with Crippen molar-refractivity contribution in [1.29, 1.82) is 0 Å². The number of amides is 2. The van der Waals surface area contributed by atoms with Crippen LogP contribution >= 0.6 is 15.9 Å². The summed E-state index contributed by atoms with van der Waals surface area (Å²) in [5, 5.41) is 5.56. The number of rotatable bonds is 6. The maximum atomic E-state index is 12.3. The van der Waals surface area contributed by atoms with Crippen molar-refractivity contribution in [3.63, 3.8) is 0 Å². The van der Waals surface area contributed by atoms with E-state index >= 15 is 0 Å².